The van der Waals surface area contributed by atoms with E-state index >= 15 is 0 Å². The third-order valence-electron chi connectivity index (χ3n) is 5.47. The zero-order chi connectivity index (χ0) is 23.7. The second kappa shape index (κ2) is 9.29. The number of amides is 1. The summed E-state index contributed by atoms with van der Waals surface area (Å²) in [6.45, 7) is 7.26. The molecule has 0 aliphatic heterocycles. The largest absolute Gasteiger partial charge is 0.321 e. The Balaban J connectivity index is 1.61. The Bertz CT molecular complexity index is 1370. The van der Waals surface area contributed by atoms with Crippen LogP contribution in [0.1, 0.15) is 55.2 Å². The van der Waals surface area contributed by atoms with E-state index in [9.17, 15) is 9.59 Å². The SMILES string of the molecule is CC(=O)c1cccc(NC(=O)c2sc(-n3nc(C)c(Cc4ccccc4Cl)c3C)nc2C)c1. The summed E-state index contributed by atoms with van der Waals surface area (Å²) >= 11 is 7.63. The molecule has 2 aromatic heterocycles. The van der Waals surface area contributed by atoms with Crippen LogP contribution in [0.2, 0.25) is 5.02 Å². The molecular weight excluding hydrogens is 456 g/mol. The number of benzene rings is 2. The van der Waals surface area contributed by atoms with E-state index in [2.05, 4.69) is 15.4 Å². The summed E-state index contributed by atoms with van der Waals surface area (Å²) in [6, 6.07) is 14.7. The van der Waals surface area contributed by atoms with Crippen LogP contribution in [0.5, 0.6) is 0 Å². The smallest absolute Gasteiger partial charge is 0.267 e. The van der Waals surface area contributed by atoms with Gasteiger partial charge in [-0.1, -0.05) is 53.3 Å². The summed E-state index contributed by atoms with van der Waals surface area (Å²) in [5.41, 5.74) is 5.71. The van der Waals surface area contributed by atoms with Gasteiger partial charge < -0.3 is 5.32 Å². The molecule has 33 heavy (non-hydrogen) atoms. The van der Waals surface area contributed by atoms with Gasteiger partial charge in [0.15, 0.2) is 5.78 Å². The first-order chi connectivity index (χ1) is 15.7. The van der Waals surface area contributed by atoms with Crippen molar-refractivity contribution in [2.75, 3.05) is 5.32 Å². The summed E-state index contributed by atoms with van der Waals surface area (Å²) < 4.78 is 1.78. The Morgan fingerprint density at radius 2 is 1.82 bits per heavy atom. The molecule has 168 valence electrons. The average Bonchev–Trinajstić information content (AvgIpc) is 3.30. The van der Waals surface area contributed by atoms with Gasteiger partial charge >= 0.3 is 0 Å². The molecule has 0 saturated carbocycles. The van der Waals surface area contributed by atoms with Crippen LogP contribution in [0.4, 0.5) is 5.69 Å². The Kier molecular flexibility index (Phi) is 6.44. The molecule has 0 atom stereocenters. The first-order valence-corrected chi connectivity index (χ1v) is 11.6. The Labute approximate surface area is 201 Å². The summed E-state index contributed by atoms with van der Waals surface area (Å²) in [5, 5.41) is 8.90. The number of rotatable bonds is 6. The van der Waals surface area contributed by atoms with Gasteiger partial charge in [-0.05, 0) is 51.5 Å². The number of halogens is 1. The number of aromatic nitrogens is 3. The van der Waals surface area contributed by atoms with Gasteiger partial charge in [-0.15, -0.1) is 0 Å². The van der Waals surface area contributed by atoms with E-state index in [1.165, 1.54) is 18.3 Å². The molecule has 6 nitrogen and oxygen atoms in total. The van der Waals surface area contributed by atoms with Crippen LogP contribution in [-0.2, 0) is 6.42 Å². The minimum absolute atomic E-state index is 0.0560. The minimum Gasteiger partial charge on any atom is -0.321 e. The second-order valence-corrected chi connectivity index (χ2v) is 9.22. The molecule has 1 N–H and O–H groups in total. The fourth-order valence-electron chi connectivity index (χ4n) is 3.64. The number of thiazole rings is 1. The standard InChI is InChI=1S/C25H23ClN4O2S/c1-14-21(13-19-8-5-6-11-22(19)26)16(3)30(29-14)25-27-15(2)23(33-25)24(32)28-20-10-7-9-18(12-20)17(4)31/h5-12H,13H2,1-4H3,(H,28,32). The lowest BCUT2D eigenvalue weighted by Gasteiger charge is -2.05. The predicted octanol–water partition coefficient (Wildman–Crippen LogP) is 5.95. The molecule has 0 aliphatic rings. The highest BCUT2D eigenvalue weighted by Crippen LogP contribution is 2.28. The van der Waals surface area contributed by atoms with Crippen LogP contribution in [0.3, 0.4) is 0 Å². The van der Waals surface area contributed by atoms with E-state index in [4.69, 9.17) is 11.6 Å². The molecule has 2 heterocycles. The fraction of sp³-hybridized carbons (Fsp3) is 0.200. The summed E-state index contributed by atoms with van der Waals surface area (Å²) in [6.07, 6.45) is 0.668. The monoisotopic (exact) mass is 478 g/mol. The number of nitrogens with zero attached hydrogens (tertiary/aromatic N) is 3. The van der Waals surface area contributed by atoms with E-state index < -0.39 is 0 Å². The first kappa shape index (κ1) is 22.9. The maximum Gasteiger partial charge on any atom is 0.267 e. The quantitative estimate of drug-likeness (QED) is 0.347. The number of ketones is 1. The number of hydrogen-bond acceptors (Lipinski definition) is 5. The summed E-state index contributed by atoms with van der Waals surface area (Å²) in [5.74, 6) is -0.325. The molecular formula is C25H23ClN4O2S. The zero-order valence-corrected chi connectivity index (χ0v) is 20.3. The van der Waals surface area contributed by atoms with Crippen molar-refractivity contribution in [2.24, 2.45) is 0 Å². The number of Topliss-reactive ketones (excluding diaryl/α,β-unsaturated/α-hetero) is 1. The maximum absolute atomic E-state index is 12.9. The zero-order valence-electron chi connectivity index (χ0n) is 18.8. The fourth-order valence-corrected chi connectivity index (χ4v) is 4.81. The van der Waals surface area contributed by atoms with Crippen molar-refractivity contribution in [1.29, 1.82) is 0 Å². The van der Waals surface area contributed by atoms with Crippen molar-refractivity contribution in [1.82, 2.24) is 14.8 Å². The van der Waals surface area contributed by atoms with Gasteiger partial charge in [0.05, 0.1) is 11.4 Å². The van der Waals surface area contributed by atoms with Crippen molar-refractivity contribution in [3.05, 3.63) is 92.2 Å². The molecule has 0 fully saturated rings. The molecule has 0 unspecified atom stereocenters. The van der Waals surface area contributed by atoms with Crippen molar-refractivity contribution < 1.29 is 9.59 Å². The second-order valence-electron chi connectivity index (χ2n) is 7.83. The van der Waals surface area contributed by atoms with Gasteiger partial charge in [-0.3, -0.25) is 9.59 Å². The Hall–Kier alpha value is -3.29. The molecule has 0 bridgehead atoms. The van der Waals surface area contributed by atoms with E-state index in [1.54, 1.807) is 35.9 Å². The van der Waals surface area contributed by atoms with Crippen LogP contribution in [-0.4, -0.2) is 26.5 Å². The number of carbonyl (C=O) groups is 2. The van der Waals surface area contributed by atoms with E-state index in [0.717, 1.165) is 27.5 Å². The van der Waals surface area contributed by atoms with E-state index in [0.29, 0.717) is 33.4 Å². The van der Waals surface area contributed by atoms with Crippen LogP contribution in [0, 0.1) is 20.8 Å². The summed E-state index contributed by atoms with van der Waals surface area (Å²) in [4.78, 5) is 29.7. The topological polar surface area (TPSA) is 76.9 Å². The molecule has 0 spiro atoms. The lowest BCUT2D eigenvalue weighted by Crippen LogP contribution is -2.11. The van der Waals surface area contributed by atoms with Gasteiger partial charge in [0.25, 0.3) is 5.91 Å². The van der Waals surface area contributed by atoms with Gasteiger partial charge in [-0.25, -0.2) is 9.67 Å². The molecule has 4 rings (SSSR count). The molecule has 4 aromatic rings. The average molecular weight is 479 g/mol. The number of hydrogen-bond donors (Lipinski definition) is 1. The minimum atomic E-state index is -0.269. The van der Waals surface area contributed by atoms with Crippen molar-refractivity contribution in [3.63, 3.8) is 0 Å². The highest BCUT2D eigenvalue weighted by atomic mass is 35.5. The molecule has 0 aliphatic carbocycles. The predicted molar refractivity (Wildman–Crippen MR) is 132 cm³/mol. The van der Waals surface area contributed by atoms with E-state index in [1.807, 2.05) is 38.1 Å². The molecule has 8 heteroatoms. The van der Waals surface area contributed by atoms with Crippen molar-refractivity contribution in [2.45, 2.75) is 34.1 Å². The lowest BCUT2D eigenvalue weighted by molar-refractivity contribution is 0.101. The summed E-state index contributed by atoms with van der Waals surface area (Å²) in [7, 11) is 0. The van der Waals surface area contributed by atoms with E-state index in [-0.39, 0.29) is 11.7 Å². The van der Waals surface area contributed by atoms with Gasteiger partial charge in [0.2, 0.25) is 5.13 Å². The van der Waals surface area contributed by atoms with Crippen LogP contribution in [0.15, 0.2) is 48.5 Å². The number of anilines is 1. The number of carbonyl (C=O) groups excluding carboxylic acids is 2. The highest BCUT2D eigenvalue weighted by Gasteiger charge is 2.21. The third-order valence-corrected chi connectivity index (χ3v) is 6.97. The number of nitrogens with one attached hydrogen (secondary N) is 1. The number of aryl methyl sites for hydroxylation is 2. The maximum atomic E-state index is 12.9. The normalized spacial score (nSPS) is 10.9. The van der Waals surface area contributed by atoms with Crippen LogP contribution < -0.4 is 5.32 Å². The van der Waals surface area contributed by atoms with Crippen LogP contribution >= 0.6 is 22.9 Å². The lowest BCUT2D eigenvalue weighted by atomic mass is 10.0. The van der Waals surface area contributed by atoms with Gasteiger partial charge in [-0.2, -0.15) is 5.10 Å². The molecule has 2 aromatic carbocycles. The van der Waals surface area contributed by atoms with Gasteiger partial charge in [0, 0.05) is 34.0 Å². The van der Waals surface area contributed by atoms with Crippen LogP contribution in [0.25, 0.3) is 5.13 Å². The molecule has 0 radical (unpaired) electrons. The Morgan fingerprint density at radius 3 is 2.55 bits per heavy atom. The Morgan fingerprint density at radius 1 is 1.06 bits per heavy atom. The third kappa shape index (κ3) is 4.74. The molecule has 1 amide bonds. The van der Waals surface area contributed by atoms with Gasteiger partial charge in [0.1, 0.15) is 4.88 Å². The first-order valence-electron chi connectivity index (χ1n) is 10.4. The highest BCUT2D eigenvalue weighted by molar-refractivity contribution is 7.16. The van der Waals surface area contributed by atoms with Crippen molar-refractivity contribution >= 4 is 40.3 Å². The van der Waals surface area contributed by atoms with Crippen molar-refractivity contribution in [3.8, 4) is 5.13 Å². The molecule has 0 saturated heterocycles.